The van der Waals surface area contributed by atoms with Gasteiger partial charge in [0, 0.05) is 56.9 Å². The van der Waals surface area contributed by atoms with Gasteiger partial charge in [0.1, 0.15) is 17.5 Å². The van der Waals surface area contributed by atoms with Crippen LogP contribution in [0, 0.1) is 6.92 Å². The zero-order valence-electron chi connectivity index (χ0n) is 17.4. The lowest BCUT2D eigenvalue weighted by molar-refractivity contribution is 0.102. The number of carbonyl (C=O) groups excluding carboxylic acids is 1. The van der Waals surface area contributed by atoms with Crippen LogP contribution in [0.5, 0.6) is 0 Å². The molecule has 2 N–H and O–H groups in total. The van der Waals surface area contributed by atoms with Crippen molar-refractivity contribution in [3.05, 3.63) is 66.0 Å². The van der Waals surface area contributed by atoms with Gasteiger partial charge in [0.2, 0.25) is 0 Å². The van der Waals surface area contributed by atoms with Gasteiger partial charge in [0.15, 0.2) is 0 Å². The molecule has 3 aromatic rings. The molecule has 0 saturated carbocycles. The molecule has 1 amide bonds. The molecule has 0 aliphatic heterocycles. The summed E-state index contributed by atoms with van der Waals surface area (Å²) in [7, 11) is 7.82. The van der Waals surface area contributed by atoms with E-state index in [1.54, 1.807) is 0 Å². The van der Waals surface area contributed by atoms with E-state index in [-0.39, 0.29) is 5.91 Å². The van der Waals surface area contributed by atoms with E-state index in [1.807, 2.05) is 99.5 Å². The number of amides is 1. The highest BCUT2D eigenvalue weighted by Gasteiger charge is 2.08. The standard InChI is InChI=1S/C22H26N6O/c1-15-23-20(14-21(24-15)28(4)5)25-17-8-10-18(11-9-17)26-22(29)16-6-12-19(13-7-16)27(2)3/h6-14H,1-5H3,(H,26,29)(H,23,24,25). The number of aromatic nitrogens is 2. The van der Waals surface area contributed by atoms with Crippen molar-refractivity contribution in [2.75, 3.05) is 48.6 Å². The number of nitrogens with one attached hydrogen (secondary N) is 2. The third-order valence-corrected chi connectivity index (χ3v) is 4.34. The Bertz CT molecular complexity index is 981. The van der Waals surface area contributed by atoms with Crippen molar-refractivity contribution in [1.82, 2.24) is 9.97 Å². The van der Waals surface area contributed by atoms with E-state index in [0.717, 1.165) is 28.7 Å². The van der Waals surface area contributed by atoms with Crippen LogP contribution in [-0.2, 0) is 0 Å². The van der Waals surface area contributed by atoms with Gasteiger partial charge in [-0.3, -0.25) is 4.79 Å². The lowest BCUT2D eigenvalue weighted by Gasteiger charge is -2.14. The van der Waals surface area contributed by atoms with Crippen LogP contribution < -0.4 is 20.4 Å². The second-order valence-corrected chi connectivity index (χ2v) is 7.15. The molecule has 0 radical (unpaired) electrons. The smallest absolute Gasteiger partial charge is 0.255 e. The molecule has 0 aliphatic carbocycles. The first-order valence-electron chi connectivity index (χ1n) is 9.30. The van der Waals surface area contributed by atoms with E-state index in [2.05, 4.69) is 20.6 Å². The second kappa shape index (κ2) is 8.60. The van der Waals surface area contributed by atoms with Crippen molar-refractivity contribution in [3.8, 4) is 0 Å². The quantitative estimate of drug-likeness (QED) is 0.665. The highest BCUT2D eigenvalue weighted by molar-refractivity contribution is 6.04. The molecule has 7 heteroatoms. The first-order chi connectivity index (χ1) is 13.8. The van der Waals surface area contributed by atoms with Gasteiger partial charge in [-0.2, -0.15) is 0 Å². The minimum Gasteiger partial charge on any atom is -0.378 e. The van der Waals surface area contributed by atoms with E-state index < -0.39 is 0 Å². The maximum absolute atomic E-state index is 12.4. The molecule has 0 fully saturated rings. The Hall–Kier alpha value is -3.61. The summed E-state index contributed by atoms with van der Waals surface area (Å²) in [5, 5.41) is 6.19. The molecule has 0 bridgehead atoms. The van der Waals surface area contributed by atoms with Crippen molar-refractivity contribution < 1.29 is 4.79 Å². The van der Waals surface area contributed by atoms with Gasteiger partial charge in [0.25, 0.3) is 5.91 Å². The maximum Gasteiger partial charge on any atom is 0.255 e. The van der Waals surface area contributed by atoms with Crippen LogP contribution in [0.1, 0.15) is 16.2 Å². The number of aryl methyl sites for hydroxylation is 1. The minimum atomic E-state index is -0.141. The molecule has 0 aliphatic rings. The summed E-state index contributed by atoms with van der Waals surface area (Å²) in [4.78, 5) is 25.2. The summed E-state index contributed by atoms with van der Waals surface area (Å²) in [6, 6.07) is 16.9. The fraction of sp³-hybridized carbons (Fsp3) is 0.227. The summed E-state index contributed by atoms with van der Waals surface area (Å²) in [5.74, 6) is 2.11. The van der Waals surface area contributed by atoms with Gasteiger partial charge in [-0.15, -0.1) is 0 Å². The van der Waals surface area contributed by atoms with Gasteiger partial charge in [-0.05, 0) is 55.5 Å². The van der Waals surface area contributed by atoms with Gasteiger partial charge in [-0.25, -0.2) is 9.97 Å². The molecule has 2 aromatic carbocycles. The fourth-order valence-electron chi connectivity index (χ4n) is 2.74. The summed E-state index contributed by atoms with van der Waals surface area (Å²) < 4.78 is 0. The Morgan fingerprint density at radius 2 is 1.45 bits per heavy atom. The van der Waals surface area contributed by atoms with Gasteiger partial charge in [0.05, 0.1) is 0 Å². The van der Waals surface area contributed by atoms with Crippen molar-refractivity contribution in [1.29, 1.82) is 0 Å². The Kier molecular flexibility index (Phi) is 5.97. The molecule has 0 atom stereocenters. The molecule has 1 heterocycles. The van der Waals surface area contributed by atoms with Gasteiger partial charge >= 0.3 is 0 Å². The van der Waals surface area contributed by atoms with Gasteiger partial charge < -0.3 is 20.4 Å². The molecule has 3 rings (SSSR count). The Morgan fingerprint density at radius 3 is 2.03 bits per heavy atom. The molecular formula is C22H26N6O. The van der Waals surface area contributed by atoms with Crippen molar-refractivity contribution in [2.45, 2.75) is 6.92 Å². The first kappa shape index (κ1) is 20.1. The van der Waals surface area contributed by atoms with Gasteiger partial charge in [-0.1, -0.05) is 0 Å². The number of carbonyl (C=O) groups is 1. The van der Waals surface area contributed by atoms with Crippen LogP contribution in [0.3, 0.4) is 0 Å². The van der Waals surface area contributed by atoms with Crippen LogP contribution in [0.15, 0.2) is 54.6 Å². The summed E-state index contributed by atoms with van der Waals surface area (Å²) in [6.45, 7) is 1.86. The minimum absolute atomic E-state index is 0.141. The molecule has 7 nitrogen and oxygen atoms in total. The third-order valence-electron chi connectivity index (χ3n) is 4.34. The van der Waals surface area contributed by atoms with Crippen LogP contribution in [0.4, 0.5) is 28.7 Å². The van der Waals surface area contributed by atoms with Crippen molar-refractivity contribution in [3.63, 3.8) is 0 Å². The zero-order valence-corrected chi connectivity index (χ0v) is 17.4. The third kappa shape index (κ3) is 5.22. The second-order valence-electron chi connectivity index (χ2n) is 7.15. The van der Waals surface area contributed by atoms with E-state index in [4.69, 9.17) is 0 Å². The lowest BCUT2D eigenvalue weighted by Crippen LogP contribution is -2.13. The molecule has 0 saturated heterocycles. The van der Waals surface area contributed by atoms with E-state index in [0.29, 0.717) is 11.4 Å². The predicted molar refractivity (Wildman–Crippen MR) is 120 cm³/mol. The maximum atomic E-state index is 12.4. The first-order valence-corrected chi connectivity index (χ1v) is 9.30. The lowest BCUT2D eigenvalue weighted by atomic mass is 10.2. The molecule has 0 spiro atoms. The number of benzene rings is 2. The predicted octanol–water partition coefficient (Wildman–Crippen LogP) is 3.91. The molecule has 1 aromatic heterocycles. The van der Waals surface area contributed by atoms with Crippen LogP contribution in [0.25, 0.3) is 0 Å². The number of hydrogen-bond donors (Lipinski definition) is 2. The Labute approximate surface area is 171 Å². The molecule has 0 unspecified atom stereocenters. The average Bonchev–Trinajstić information content (AvgIpc) is 2.69. The SMILES string of the molecule is Cc1nc(Nc2ccc(NC(=O)c3ccc(N(C)C)cc3)cc2)cc(N(C)C)n1. The number of hydrogen-bond acceptors (Lipinski definition) is 6. The van der Waals surface area contributed by atoms with Crippen LogP contribution >= 0.6 is 0 Å². The molecule has 29 heavy (non-hydrogen) atoms. The number of anilines is 5. The monoisotopic (exact) mass is 390 g/mol. The Balaban J connectivity index is 1.66. The summed E-state index contributed by atoms with van der Waals surface area (Å²) >= 11 is 0. The normalized spacial score (nSPS) is 10.4. The van der Waals surface area contributed by atoms with E-state index >= 15 is 0 Å². The summed E-state index contributed by atoms with van der Waals surface area (Å²) in [5.41, 5.74) is 3.27. The number of rotatable bonds is 6. The van der Waals surface area contributed by atoms with Crippen LogP contribution in [-0.4, -0.2) is 44.1 Å². The molecule has 150 valence electrons. The largest absolute Gasteiger partial charge is 0.378 e. The molecular weight excluding hydrogens is 364 g/mol. The highest BCUT2D eigenvalue weighted by atomic mass is 16.1. The van der Waals surface area contributed by atoms with Crippen molar-refractivity contribution >= 4 is 34.6 Å². The summed E-state index contributed by atoms with van der Waals surface area (Å²) in [6.07, 6.45) is 0. The fourth-order valence-corrected chi connectivity index (χ4v) is 2.74. The van der Waals surface area contributed by atoms with E-state index in [1.165, 1.54) is 0 Å². The topological polar surface area (TPSA) is 73.4 Å². The average molecular weight is 390 g/mol. The Morgan fingerprint density at radius 1 is 0.828 bits per heavy atom. The number of nitrogens with zero attached hydrogens (tertiary/aromatic N) is 4. The van der Waals surface area contributed by atoms with Crippen molar-refractivity contribution in [2.24, 2.45) is 0 Å². The van der Waals surface area contributed by atoms with E-state index in [9.17, 15) is 4.79 Å². The van der Waals surface area contributed by atoms with Crippen LogP contribution in [0.2, 0.25) is 0 Å². The zero-order chi connectivity index (χ0) is 21.0. The highest BCUT2D eigenvalue weighted by Crippen LogP contribution is 2.21.